The Kier molecular flexibility index (Phi) is 4.69. The van der Waals surface area contributed by atoms with Crippen molar-refractivity contribution in [1.82, 2.24) is 0 Å². The Morgan fingerprint density at radius 2 is 1.75 bits per heavy atom. The van der Waals surface area contributed by atoms with Gasteiger partial charge in [0.05, 0.1) is 6.61 Å². The molecule has 1 aromatic carbocycles. The maximum atomic E-state index is 5.39. The summed E-state index contributed by atoms with van der Waals surface area (Å²) in [6.07, 6.45) is 0. The van der Waals surface area contributed by atoms with Gasteiger partial charge in [0.25, 0.3) is 0 Å². The third-order valence-electron chi connectivity index (χ3n) is 1.42. The van der Waals surface area contributed by atoms with Gasteiger partial charge in [-0.15, -0.1) is 0 Å². The fourth-order valence-corrected chi connectivity index (χ4v) is 1.37. The summed E-state index contributed by atoms with van der Waals surface area (Å²) in [5, 5.41) is 1.76. The van der Waals surface area contributed by atoms with Crippen molar-refractivity contribution in [3.63, 3.8) is 0 Å². The molecule has 0 saturated carbocycles. The van der Waals surface area contributed by atoms with Crippen molar-refractivity contribution in [3.05, 3.63) is 29.8 Å². The molecule has 0 aliphatic rings. The minimum Gasteiger partial charge on any atom is -0.493 e. The van der Waals surface area contributed by atoms with E-state index in [0.717, 1.165) is 16.4 Å². The third kappa shape index (κ3) is 3.15. The van der Waals surface area contributed by atoms with E-state index in [9.17, 15) is 0 Å². The molecular formula is C9H10Br2O. The Morgan fingerprint density at radius 3 is 2.25 bits per heavy atom. The maximum Gasteiger partial charge on any atom is 0.119 e. The van der Waals surface area contributed by atoms with Crippen LogP contribution < -0.4 is 4.74 Å². The fraction of sp³-hybridized carbons (Fsp3) is 0.333. The maximum absolute atomic E-state index is 5.39. The Morgan fingerprint density at radius 1 is 1.08 bits per heavy atom. The summed E-state index contributed by atoms with van der Waals surface area (Å²) in [7, 11) is 0. The number of hydrogen-bond donors (Lipinski definition) is 0. The molecule has 3 heteroatoms. The topological polar surface area (TPSA) is 9.23 Å². The van der Waals surface area contributed by atoms with E-state index < -0.39 is 0 Å². The lowest BCUT2D eigenvalue weighted by Crippen LogP contribution is -1.97. The van der Waals surface area contributed by atoms with Crippen LogP contribution in [0.2, 0.25) is 0 Å². The molecule has 0 aliphatic carbocycles. The van der Waals surface area contributed by atoms with Crippen molar-refractivity contribution >= 4 is 31.9 Å². The number of rotatable bonds is 4. The summed E-state index contributed by atoms with van der Waals surface area (Å²) in [5.74, 6) is 0.930. The summed E-state index contributed by atoms with van der Waals surface area (Å²) in [4.78, 5) is 0. The number of benzene rings is 1. The molecule has 0 fully saturated rings. The molecule has 0 N–H and O–H groups in total. The summed E-state index contributed by atoms with van der Waals surface area (Å²) in [6.45, 7) is 0.716. The van der Waals surface area contributed by atoms with Crippen molar-refractivity contribution in [1.29, 1.82) is 0 Å². The Hall–Kier alpha value is -0.0200. The van der Waals surface area contributed by atoms with Gasteiger partial charge in [-0.25, -0.2) is 0 Å². The van der Waals surface area contributed by atoms with Crippen LogP contribution >= 0.6 is 31.9 Å². The van der Waals surface area contributed by atoms with Gasteiger partial charge in [-0.05, 0) is 17.7 Å². The molecule has 0 atom stereocenters. The van der Waals surface area contributed by atoms with Gasteiger partial charge >= 0.3 is 0 Å². The van der Waals surface area contributed by atoms with E-state index in [4.69, 9.17) is 4.74 Å². The lowest BCUT2D eigenvalue weighted by molar-refractivity contribution is 0.345. The van der Waals surface area contributed by atoms with Crippen LogP contribution in [0.25, 0.3) is 0 Å². The SMILES string of the molecule is BrCCOc1ccc(CBr)cc1. The summed E-state index contributed by atoms with van der Waals surface area (Å²) < 4.78 is 5.39. The summed E-state index contributed by atoms with van der Waals surface area (Å²) >= 11 is 6.69. The molecular weight excluding hydrogens is 284 g/mol. The summed E-state index contributed by atoms with van der Waals surface area (Å²) in [6, 6.07) is 8.08. The number of hydrogen-bond acceptors (Lipinski definition) is 1. The summed E-state index contributed by atoms with van der Waals surface area (Å²) in [5.41, 5.74) is 1.26. The van der Waals surface area contributed by atoms with Gasteiger partial charge in [0.15, 0.2) is 0 Å². The van der Waals surface area contributed by atoms with Crippen molar-refractivity contribution in [2.24, 2.45) is 0 Å². The van der Waals surface area contributed by atoms with Crippen molar-refractivity contribution in [2.75, 3.05) is 11.9 Å². The first-order chi connectivity index (χ1) is 5.86. The second-order valence-electron chi connectivity index (χ2n) is 2.32. The average Bonchev–Trinajstić information content (AvgIpc) is 2.15. The zero-order valence-corrected chi connectivity index (χ0v) is 9.77. The molecule has 12 heavy (non-hydrogen) atoms. The number of ether oxygens (including phenoxy) is 1. The molecule has 0 aliphatic heterocycles. The fourth-order valence-electron chi connectivity index (χ4n) is 0.831. The van der Waals surface area contributed by atoms with E-state index in [2.05, 4.69) is 44.0 Å². The minimum atomic E-state index is 0.716. The van der Waals surface area contributed by atoms with Crippen LogP contribution in [0.3, 0.4) is 0 Å². The smallest absolute Gasteiger partial charge is 0.119 e. The molecule has 0 aromatic heterocycles. The lowest BCUT2D eigenvalue weighted by Gasteiger charge is -2.03. The molecule has 1 aromatic rings. The second kappa shape index (κ2) is 5.60. The molecule has 0 bridgehead atoms. The van der Waals surface area contributed by atoms with E-state index in [1.54, 1.807) is 0 Å². The number of halogens is 2. The first-order valence-corrected chi connectivity index (χ1v) is 5.95. The molecule has 1 nitrogen and oxygen atoms in total. The van der Waals surface area contributed by atoms with Gasteiger partial charge in [0.2, 0.25) is 0 Å². The monoisotopic (exact) mass is 292 g/mol. The molecule has 0 amide bonds. The van der Waals surface area contributed by atoms with E-state index in [1.807, 2.05) is 12.1 Å². The molecule has 0 saturated heterocycles. The molecule has 0 radical (unpaired) electrons. The molecule has 0 heterocycles. The first-order valence-electron chi connectivity index (χ1n) is 3.70. The largest absolute Gasteiger partial charge is 0.493 e. The highest BCUT2D eigenvalue weighted by molar-refractivity contribution is 9.09. The van der Waals surface area contributed by atoms with Gasteiger partial charge in [-0.3, -0.25) is 0 Å². The van der Waals surface area contributed by atoms with E-state index in [1.165, 1.54) is 5.56 Å². The van der Waals surface area contributed by atoms with Crippen molar-refractivity contribution < 1.29 is 4.74 Å². The highest BCUT2D eigenvalue weighted by atomic mass is 79.9. The van der Waals surface area contributed by atoms with Gasteiger partial charge in [-0.1, -0.05) is 44.0 Å². The van der Waals surface area contributed by atoms with Crippen LogP contribution in [0.5, 0.6) is 5.75 Å². The van der Waals surface area contributed by atoms with Gasteiger partial charge in [0.1, 0.15) is 5.75 Å². The Bertz CT molecular complexity index is 220. The minimum absolute atomic E-state index is 0.716. The molecule has 1 rings (SSSR count). The van der Waals surface area contributed by atoms with E-state index in [-0.39, 0.29) is 0 Å². The molecule has 66 valence electrons. The highest BCUT2D eigenvalue weighted by Crippen LogP contribution is 2.13. The van der Waals surface area contributed by atoms with Gasteiger partial charge in [0, 0.05) is 10.7 Å². The molecule has 0 spiro atoms. The van der Waals surface area contributed by atoms with E-state index >= 15 is 0 Å². The Labute approximate surface area is 89.4 Å². The van der Waals surface area contributed by atoms with Crippen LogP contribution in [-0.2, 0) is 5.33 Å². The average molecular weight is 294 g/mol. The van der Waals surface area contributed by atoms with E-state index in [0.29, 0.717) is 6.61 Å². The van der Waals surface area contributed by atoms with Crippen molar-refractivity contribution in [3.8, 4) is 5.75 Å². The van der Waals surface area contributed by atoms with Crippen LogP contribution in [0.4, 0.5) is 0 Å². The number of alkyl halides is 2. The third-order valence-corrected chi connectivity index (χ3v) is 2.39. The van der Waals surface area contributed by atoms with Gasteiger partial charge in [-0.2, -0.15) is 0 Å². The first kappa shape index (κ1) is 10.1. The molecule has 0 unspecified atom stereocenters. The van der Waals surface area contributed by atoms with Crippen LogP contribution in [0.1, 0.15) is 5.56 Å². The highest BCUT2D eigenvalue weighted by Gasteiger charge is 1.92. The second-order valence-corrected chi connectivity index (χ2v) is 3.67. The van der Waals surface area contributed by atoms with Crippen LogP contribution in [0.15, 0.2) is 24.3 Å². The Balaban J connectivity index is 2.53. The zero-order chi connectivity index (χ0) is 8.81. The normalized spacial score (nSPS) is 9.83. The lowest BCUT2D eigenvalue weighted by atomic mass is 10.2. The predicted octanol–water partition coefficient (Wildman–Crippen LogP) is 3.36. The zero-order valence-electron chi connectivity index (χ0n) is 6.59. The van der Waals surface area contributed by atoms with Gasteiger partial charge < -0.3 is 4.74 Å². The quantitative estimate of drug-likeness (QED) is 0.774. The van der Waals surface area contributed by atoms with Crippen LogP contribution in [-0.4, -0.2) is 11.9 Å². The predicted molar refractivity (Wildman–Crippen MR) is 58.4 cm³/mol. The standard InChI is InChI=1S/C9H10Br2O/c10-5-6-12-9-3-1-8(7-11)2-4-9/h1-4H,5-7H2. The van der Waals surface area contributed by atoms with Crippen LogP contribution in [0, 0.1) is 0 Å². The van der Waals surface area contributed by atoms with Crippen molar-refractivity contribution in [2.45, 2.75) is 5.33 Å².